The fourth-order valence-electron chi connectivity index (χ4n) is 3.42. The Morgan fingerprint density at radius 3 is 2.14 bits per heavy atom. The van der Waals surface area contributed by atoms with Crippen molar-refractivity contribution in [2.75, 3.05) is 18.5 Å². The SMILES string of the molecule is CC(C)(N)CO.FC(F)(F)c1ccccc1.O=C(O)CCCCCCCCc1ccc2c(n1)NCCC2. The summed E-state index contributed by atoms with van der Waals surface area (Å²) in [6, 6.07) is 10.7. The van der Waals surface area contributed by atoms with Crippen molar-refractivity contribution >= 4 is 11.8 Å². The molecular weight excluding hydrogens is 483 g/mol. The van der Waals surface area contributed by atoms with E-state index in [0.29, 0.717) is 6.42 Å². The molecule has 3 rings (SSSR count). The Kier molecular flexibility index (Phi) is 14.9. The van der Waals surface area contributed by atoms with Crippen molar-refractivity contribution in [1.29, 1.82) is 0 Å². The second kappa shape index (κ2) is 17.0. The van der Waals surface area contributed by atoms with Gasteiger partial charge in [0.15, 0.2) is 0 Å². The van der Waals surface area contributed by atoms with Gasteiger partial charge in [0, 0.05) is 24.2 Å². The zero-order chi connectivity index (χ0) is 27.7. The van der Waals surface area contributed by atoms with Crippen LogP contribution in [0.1, 0.15) is 82.0 Å². The van der Waals surface area contributed by atoms with Crippen LogP contribution < -0.4 is 11.1 Å². The Hall–Kier alpha value is -2.65. The minimum absolute atomic E-state index is 0.0486. The molecule has 0 radical (unpaired) electrons. The van der Waals surface area contributed by atoms with Crippen LogP contribution in [0.15, 0.2) is 42.5 Å². The predicted molar refractivity (Wildman–Crippen MR) is 142 cm³/mol. The highest BCUT2D eigenvalue weighted by atomic mass is 19.4. The first kappa shape index (κ1) is 32.4. The molecule has 0 bridgehead atoms. The Morgan fingerprint density at radius 1 is 1.00 bits per heavy atom. The number of nitrogens with zero attached hydrogens (tertiary/aromatic N) is 1. The van der Waals surface area contributed by atoms with Gasteiger partial charge in [-0.1, -0.05) is 62.1 Å². The van der Waals surface area contributed by atoms with E-state index < -0.39 is 23.2 Å². The highest BCUT2D eigenvalue weighted by Crippen LogP contribution is 2.28. The first-order chi connectivity index (χ1) is 17.4. The number of nitrogens with two attached hydrogens (primary N) is 1. The summed E-state index contributed by atoms with van der Waals surface area (Å²) in [6.45, 7) is 4.63. The molecule has 0 atom stereocenters. The maximum atomic E-state index is 11.8. The summed E-state index contributed by atoms with van der Waals surface area (Å²) in [6.07, 6.45) is 6.07. The monoisotopic (exact) mass is 525 g/mol. The van der Waals surface area contributed by atoms with Gasteiger partial charge in [-0.3, -0.25) is 4.79 Å². The van der Waals surface area contributed by atoms with Crippen molar-refractivity contribution < 1.29 is 28.2 Å². The number of halogens is 3. The quantitative estimate of drug-likeness (QED) is 0.274. The van der Waals surface area contributed by atoms with Crippen LogP contribution >= 0.6 is 0 Å². The Morgan fingerprint density at radius 2 is 1.59 bits per heavy atom. The van der Waals surface area contributed by atoms with E-state index in [1.807, 2.05) is 0 Å². The standard InChI is InChI=1S/C17H26N2O2.C7H5F3.C4H11NO/c20-16(21)10-6-4-2-1-3-5-9-15-12-11-14-8-7-13-18-17(14)19-15;8-7(9,10)6-4-2-1-3-5-6;1-4(2,5)3-6/h11-12H,1-10,13H2,(H,18,19)(H,20,21);1-5H;6H,3,5H2,1-2H3. The average Bonchev–Trinajstić information content (AvgIpc) is 2.86. The van der Waals surface area contributed by atoms with Crippen LogP contribution in [0.3, 0.4) is 0 Å². The maximum Gasteiger partial charge on any atom is 0.416 e. The number of aliphatic hydroxyl groups is 1. The maximum absolute atomic E-state index is 11.8. The lowest BCUT2D eigenvalue weighted by Crippen LogP contribution is -2.35. The Labute approximate surface area is 218 Å². The van der Waals surface area contributed by atoms with E-state index in [-0.39, 0.29) is 6.61 Å². The number of aromatic nitrogens is 1. The van der Waals surface area contributed by atoms with Gasteiger partial charge in [-0.25, -0.2) is 4.98 Å². The highest BCUT2D eigenvalue weighted by molar-refractivity contribution is 5.66. The van der Waals surface area contributed by atoms with Crippen molar-refractivity contribution in [3.63, 3.8) is 0 Å². The van der Waals surface area contributed by atoms with Crippen LogP contribution in [0.2, 0.25) is 0 Å². The molecule has 0 unspecified atom stereocenters. The number of aliphatic carboxylic acids is 1. The molecule has 0 aliphatic carbocycles. The number of nitrogens with one attached hydrogen (secondary N) is 1. The summed E-state index contributed by atoms with van der Waals surface area (Å²) < 4.78 is 35.4. The normalized spacial score (nSPS) is 12.7. The van der Waals surface area contributed by atoms with Crippen LogP contribution in [0, 0.1) is 0 Å². The minimum Gasteiger partial charge on any atom is -0.481 e. The largest absolute Gasteiger partial charge is 0.481 e. The van der Waals surface area contributed by atoms with Gasteiger partial charge >= 0.3 is 12.1 Å². The zero-order valence-electron chi connectivity index (χ0n) is 22.0. The molecule has 0 saturated heterocycles. The number of hydrogen-bond acceptors (Lipinski definition) is 5. The molecule has 1 aromatic carbocycles. The van der Waals surface area contributed by atoms with Gasteiger partial charge in [-0.15, -0.1) is 0 Å². The molecule has 2 aromatic rings. The van der Waals surface area contributed by atoms with Crippen LogP contribution in [0.25, 0.3) is 0 Å². The zero-order valence-corrected chi connectivity index (χ0v) is 22.0. The molecule has 2 heterocycles. The van der Waals surface area contributed by atoms with E-state index in [4.69, 9.17) is 20.9 Å². The molecule has 0 amide bonds. The fourth-order valence-corrected chi connectivity index (χ4v) is 3.42. The second-order valence-electron chi connectivity index (χ2n) is 9.87. The van der Waals surface area contributed by atoms with Crippen molar-refractivity contribution in [3.8, 4) is 0 Å². The lowest BCUT2D eigenvalue weighted by Gasteiger charge is -2.17. The third-order valence-electron chi connectivity index (χ3n) is 5.53. The number of fused-ring (bicyclic) bond motifs is 1. The molecular formula is C28H42F3N3O3. The van der Waals surface area contributed by atoms with Crippen molar-refractivity contribution in [1.82, 2.24) is 4.98 Å². The topological polar surface area (TPSA) is 108 Å². The second-order valence-corrected chi connectivity index (χ2v) is 9.87. The summed E-state index contributed by atoms with van der Waals surface area (Å²) in [7, 11) is 0. The Bertz CT molecular complexity index is 901. The summed E-state index contributed by atoms with van der Waals surface area (Å²) >= 11 is 0. The molecule has 6 nitrogen and oxygen atoms in total. The number of aryl methyl sites for hydroxylation is 2. The molecule has 1 aliphatic rings. The molecule has 5 N–H and O–H groups in total. The molecule has 0 saturated carbocycles. The number of carboxylic acids is 1. The van der Waals surface area contributed by atoms with E-state index in [1.165, 1.54) is 49.1 Å². The molecule has 1 aliphatic heterocycles. The smallest absolute Gasteiger partial charge is 0.416 e. The third kappa shape index (κ3) is 15.9. The third-order valence-corrected chi connectivity index (χ3v) is 5.53. The van der Waals surface area contributed by atoms with Gasteiger partial charge in [0.05, 0.1) is 12.2 Å². The Balaban J connectivity index is 0.000000353. The molecule has 0 fully saturated rings. The minimum atomic E-state index is -4.21. The number of unbranched alkanes of at least 4 members (excludes halogenated alkanes) is 5. The molecule has 37 heavy (non-hydrogen) atoms. The number of pyridine rings is 1. The summed E-state index contributed by atoms with van der Waals surface area (Å²) in [5, 5.41) is 20.2. The van der Waals surface area contributed by atoms with Gasteiger partial charge in [0.2, 0.25) is 0 Å². The van der Waals surface area contributed by atoms with Crippen LogP contribution in [0.4, 0.5) is 19.0 Å². The van der Waals surface area contributed by atoms with Gasteiger partial charge in [0.25, 0.3) is 0 Å². The van der Waals surface area contributed by atoms with Gasteiger partial charge in [-0.2, -0.15) is 13.2 Å². The first-order valence-corrected chi connectivity index (χ1v) is 12.9. The number of rotatable bonds is 10. The van der Waals surface area contributed by atoms with Crippen LogP contribution in [-0.4, -0.2) is 39.9 Å². The van der Waals surface area contributed by atoms with Gasteiger partial charge in [0.1, 0.15) is 5.82 Å². The van der Waals surface area contributed by atoms with Crippen molar-refractivity contribution in [2.45, 2.75) is 89.8 Å². The molecule has 0 spiro atoms. The van der Waals surface area contributed by atoms with Crippen molar-refractivity contribution in [2.24, 2.45) is 5.73 Å². The molecule has 9 heteroatoms. The fraction of sp³-hybridized carbons (Fsp3) is 0.571. The highest BCUT2D eigenvalue weighted by Gasteiger charge is 2.29. The van der Waals surface area contributed by atoms with Gasteiger partial charge < -0.3 is 21.3 Å². The van der Waals surface area contributed by atoms with E-state index in [2.05, 4.69) is 17.4 Å². The average molecular weight is 526 g/mol. The number of alkyl halides is 3. The number of benzene rings is 1. The van der Waals surface area contributed by atoms with Gasteiger partial charge in [-0.05, 0) is 57.6 Å². The summed E-state index contributed by atoms with van der Waals surface area (Å²) in [5.41, 5.74) is 6.82. The summed E-state index contributed by atoms with van der Waals surface area (Å²) in [4.78, 5) is 15.1. The molecule has 208 valence electrons. The number of anilines is 1. The van der Waals surface area contributed by atoms with E-state index in [1.54, 1.807) is 19.9 Å². The lowest BCUT2D eigenvalue weighted by molar-refractivity contribution is -0.138. The first-order valence-electron chi connectivity index (χ1n) is 12.9. The number of carboxylic acid groups (broad SMARTS) is 1. The summed E-state index contributed by atoms with van der Waals surface area (Å²) in [5.74, 6) is 0.412. The molecule has 1 aromatic heterocycles. The van der Waals surface area contributed by atoms with E-state index in [9.17, 15) is 18.0 Å². The number of aliphatic hydroxyl groups excluding tert-OH is 1. The lowest BCUT2D eigenvalue weighted by atomic mass is 10.0. The van der Waals surface area contributed by atoms with Crippen molar-refractivity contribution in [3.05, 3.63) is 59.3 Å². The number of carbonyl (C=O) groups is 1. The number of hydrogen-bond donors (Lipinski definition) is 4. The van der Waals surface area contributed by atoms with Crippen LogP contribution in [-0.2, 0) is 23.8 Å². The van der Waals surface area contributed by atoms with E-state index >= 15 is 0 Å². The van der Waals surface area contributed by atoms with Crippen LogP contribution in [0.5, 0.6) is 0 Å². The predicted octanol–water partition coefficient (Wildman–Crippen LogP) is 6.22. The van der Waals surface area contributed by atoms with E-state index in [0.717, 1.165) is 56.6 Å².